The number of aliphatic hydroxyl groups is 2. The standard InChI is InChI=1S/C11H23NO4.I2/c1-4-7-8(5-13)16-9(6-15-3)10(12-2)11(7)14;1-2/h7-14H,4-6H2,1-3H3;. The van der Waals surface area contributed by atoms with Crippen LogP contribution in [0.5, 0.6) is 0 Å². The number of ether oxygens (including phenoxy) is 2. The van der Waals surface area contributed by atoms with Crippen molar-refractivity contribution in [2.45, 2.75) is 37.7 Å². The first-order chi connectivity index (χ1) is 8.69. The number of rotatable bonds is 5. The highest BCUT2D eigenvalue weighted by molar-refractivity contribution is 15.0. The van der Waals surface area contributed by atoms with E-state index < -0.39 is 6.10 Å². The average molecular weight is 487 g/mol. The van der Waals surface area contributed by atoms with Crippen molar-refractivity contribution in [3.63, 3.8) is 0 Å². The summed E-state index contributed by atoms with van der Waals surface area (Å²) < 4.78 is 10.8. The number of nitrogens with one attached hydrogen (secondary N) is 1. The number of methoxy groups -OCH3 is 1. The fourth-order valence-electron chi connectivity index (χ4n) is 2.46. The molecule has 0 spiro atoms. The van der Waals surface area contributed by atoms with Gasteiger partial charge in [0.15, 0.2) is 0 Å². The van der Waals surface area contributed by atoms with Crippen LogP contribution in [0.4, 0.5) is 0 Å². The molecule has 0 aliphatic carbocycles. The van der Waals surface area contributed by atoms with E-state index >= 15 is 0 Å². The molecule has 5 nitrogen and oxygen atoms in total. The normalized spacial score (nSPS) is 35.8. The van der Waals surface area contributed by atoms with E-state index in [0.717, 1.165) is 6.42 Å². The van der Waals surface area contributed by atoms with E-state index in [4.69, 9.17) is 9.47 Å². The van der Waals surface area contributed by atoms with Gasteiger partial charge in [-0.2, -0.15) is 0 Å². The Morgan fingerprint density at radius 2 is 1.94 bits per heavy atom. The zero-order valence-electron chi connectivity index (χ0n) is 11.0. The minimum absolute atomic E-state index is 0.0319. The molecule has 0 saturated carbocycles. The third kappa shape index (κ3) is 4.98. The zero-order valence-corrected chi connectivity index (χ0v) is 15.3. The van der Waals surface area contributed by atoms with Crippen LogP contribution in [0.2, 0.25) is 0 Å². The first-order valence-electron chi connectivity index (χ1n) is 5.94. The fourth-order valence-corrected chi connectivity index (χ4v) is 2.46. The number of hydrogen-bond acceptors (Lipinski definition) is 5. The van der Waals surface area contributed by atoms with Crippen molar-refractivity contribution in [1.82, 2.24) is 5.32 Å². The summed E-state index contributed by atoms with van der Waals surface area (Å²) in [6.07, 6.45) is -0.250. The number of hydrogen-bond donors (Lipinski definition) is 3. The van der Waals surface area contributed by atoms with E-state index in [0.29, 0.717) is 6.61 Å². The summed E-state index contributed by atoms with van der Waals surface area (Å²) in [7, 11) is 3.40. The summed E-state index contributed by atoms with van der Waals surface area (Å²) >= 11 is 4.24. The molecule has 5 unspecified atom stereocenters. The van der Waals surface area contributed by atoms with Crippen LogP contribution < -0.4 is 5.32 Å². The third-order valence-electron chi connectivity index (χ3n) is 3.35. The van der Waals surface area contributed by atoms with Gasteiger partial charge in [-0.3, -0.25) is 0 Å². The molecule has 1 fully saturated rings. The Labute approximate surface area is 132 Å². The lowest BCUT2D eigenvalue weighted by molar-refractivity contribution is -0.179. The van der Waals surface area contributed by atoms with Crippen molar-refractivity contribution in [1.29, 1.82) is 0 Å². The molecule has 18 heavy (non-hydrogen) atoms. The Balaban J connectivity index is 0.00000137. The van der Waals surface area contributed by atoms with Gasteiger partial charge in [0, 0.05) is 50.3 Å². The monoisotopic (exact) mass is 487 g/mol. The molecule has 7 heteroatoms. The number of aliphatic hydroxyl groups excluding tert-OH is 2. The summed E-state index contributed by atoms with van der Waals surface area (Å²) in [5.74, 6) is -0.0319. The van der Waals surface area contributed by atoms with Gasteiger partial charge in [-0.25, -0.2) is 0 Å². The Morgan fingerprint density at radius 3 is 2.33 bits per heavy atom. The molecule has 1 saturated heterocycles. The van der Waals surface area contributed by atoms with Gasteiger partial charge in [0.2, 0.25) is 0 Å². The van der Waals surface area contributed by atoms with Gasteiger partial charge in [-0.05, 0) is 13.5 Å². The highest BCUT2D eigenvalue weighted by Crippen LogP contribution is 2.28. The maximum Gasteiger partial charge on any atom is 0.0991 e. The second kappa shape index (κ2) is 11.0. The molecule has 0 aromatic carbocycles. The molecule has 1 rings (SSSR count). The molecular weight excluding hydrogens is 464 g/mol. The summed E-state index contributed by atoms with van der Waals surface area (Å²) in [4.78, 5) is 0. The quantitative estimate of drug-likeness (QED) is 0.508. The smallest absolute Gasteiger partial charge is 0.0991 e. The largest absolute Gasteiger partial charge is 0.394 e. The molecule has 0 aromatic heterocycles. The van der Waals surface area contributed by atoms with Crippen LogP contribution in [0.1, 0.15) is 13.3 Å². The van der Waals surface area contributed by atoms with Crippen LogP contribution in [0.3, 0.4) is 0 Å². The van der Waals surface area contributed by atoms with Crippen molar-refractivity contribution in [2.75, 3.05) is 27.4 Å². The second-order valence-electron chi connectivity index (χ2n) is 4.23. The first kappa shape index (κ1) is 19.3. The van der Waals surface area contributed by atoms with Crippen molar-refractivity contribution in [3.05, 3.63) is 0 Å². The van der Waals surface area contributed by atoms with Gasteiger partial charge < -0.3 is 25.0 Å². The lowest BCUT2D eigenvalue weighted by atomic mass is 9.84. The van der Waals surface area contributed by atoms with Crippen molar-refractivity contribution in [3.8, 4) is 0 Å². The number of likely N-dealkylation sites (N-methyl/N-ethyl adjacent to an activating group) is 1. The van der Waals surface area contributed by atoms with Gasteiger partial charge in [0.1, 0.15) is 0 Å². The SMILES string of the molecule is CCC1C(CO)OC(COC)C(NC)C1O.II. The summed E-state index contributed by atoms with van der Waals surface area (Å²) in [6.45, 7) is 2.34. The topological polar surface area (TPSA) is 71.0 Å². The minimum Gasteiger partial charge on any atom is -0.394 e. The summed E-state index contributed by atoms with van der Waals surface area (Å²) in [6, 6.07) is -0.146. The Kier molecular flexibility index (Phi) is 11.7. The summed E-state index contributed by atoms with van der Waals surface area (Å²) in [5, 5.41) is 22.5. The van der Waals surface area contributed by atoms with Crippen molar-refractivity contribution >= 4 is 37.2 Å². The first-order valence-corrected chi connectivity index (χ1v) is 12.2. The Hall–Kier alpha value is 1.26. The molecule has 1 aliphatic rings. The molecule has 5 atom stereocenters. The lowest BCUT2D eigenvalue weighted by Gasteiger charge is -2.44. The number of halogens is 2. The molecule has 3 N–H and O–H groups in total. The molecular formula is C11H23I2NO4. The van der Waals surface area contributed by atoms with E-state index in [1.807, 2.05) is 6.92 Å². The predicted molar refractivity (Wildman–Crippen MR) is 88.3 cm³/mol. The van der Waals surface area contributed by atoms with Gasteiger partial charge in [-0.1, -0.05) is 6.92 Å². The molecule has 0 amide bonds. The van der Waals surface area contributed by atoms with Crippen LogP contribution in [-0.2, 0) is 9.47 Å². The highest BCUT2D eigenvalue weighted by atomic mass is 128. The highest BCUT2D eigenvalue weighted by Gasteiger charge is 2.43. The Morgan fingerprint density at radius 1 is 1.33 bits per heavy atom. The van der Waals surface area contributed by atoms with Crippen molar-refractivity contribution < 1.29 is 19.7 Å². The molecule has 110 valence electrons. The Bertz CT molecular complexity index is 209. The zero-order chi connectivity index (χ0) is 14.1. The average Bonchev–Trinajstić information content (AvgIpc) is 2.41. The minimum atomic E-state index is -0.513. The fraction of sp³-hybridized carbons (Fsp3) is 1.00. The van der Waals surface area contributed by atoms with Gasteiger partial charge in [0.05, 0.1) is 37.6 Å². The van der Waals surface area contributed by atoms with E-state index in [9.17, 15) is 10.2 Å². The molecule has 0 radical (unpaired) electrons. The molecule has 1 aliphatic heterocycles. The van der Waals surface area contributed by atoms with Crippen molar-refractivity contribution in [2.24, 2.45) is 5.92 Å². The van der Waals surface area contributed by atoms with Gasteiger partial charge in [0.25, 0.3) is 0 Å². The van der Waals surface area contributed by atoms with Crippen LogP contribution in [0.15, 0.2) is 0 Å². The summed E-state index contributed by atoms with van der Waals surface area (Å²) in [5.41, 5.74) is 0. The molecule has 0 aromatic rings. The second-order valence-corrected chi connectivity index (χ2v) is 4.23. The van der Waals surface area contributed by atoms with Crippen LogP contribution in [0, 0.1) is 5.92 Å². The van der Waals surface area contributed by atoms with Gasteiger partial charge >= 0.3 is 0 Å². The van der Waals surface area contributed by atoms with E-state index in [-0.39, 0.29) is 30.8 Å². The maximum absolute atomic E-state index is 10.2. The molecule has 1 heterocycles. The lowest BCUT2D eigenvalue weighted by Crippen LogP contribution is -2.61. The van der Waals surface area contributed by atoms with E-state index in [1.54, 1.807) is 14.2 Å². The van der Waals surface area contributed by atoms with Crippen LogP contribution >= 0.6 is 37.2 Å². The van der Waals surface area contributed by atoms with Gasteiger partial charge in [-0.15, -0.1) is 0 Å². The molecule has 0 bridgehead atoms. The van der Waals surface area contributed by atoms with E-state index in [1.165, 1.54) is 0 Å². The predicted octanol–water partition coefficient (Wildman–Crippen LogP) is 1.14. The maximum atomic E-state index is 10.2. The van der Waals surface area contributed by atoms with Crippen LogP contribution in [0.25, 0.3) is 0 Å². The van der Waals surface area contributed by atoms with E-state index in [2.05, 4.69) is 42.5 Å². The van der Waals surface area contributed by atoms with Crippen LogP contribution in [-0.4, -0.2) is 61.9 Å². The third-order valence-corrected chi connectivity index (χ3v) is 3.35.